The van der Waals surface area contributed by atoms with Gasteiger partial charge in [0.25, 0.3) is 0 Å². The molecule has 0 saturated carbocycles. The molecule has 1 nitrogen and oxygen atoms in total. The maximum absolute atomic E-state index is 3.72. The van der Waals surface area contributed by atoms with E-state index < -0.39 is 0 Å². The Morgan fingerprint density at radius 2 is 1.24 bits per heavy atom. The van der Waals surface area contributed by atoms with E-state index in [0.29, 0.717) is 0 Å². The number of hydrogen-bond donors (Lipinski definition) is 0. The summed E-state index contributed by atoms with van der Waals surface area (Å²) < 4.78 is 4.57. The summed E-state index contributed by atoms with van der Waals surface area (Å²) in [6.45, 7) is 4.33. The van der Waals surface area contributed by atoms with Gasteiger partial charge < -0.3 is 4.57 Å². The zero-order valence-corrected chi connectivity index (χ0v) is 26.7. The highest BCUT2D eigenvalue weighted by Gasteiger charge is 2.17. The predicted molar refractivity (Wildman–Crippen MR) is 189 cm³/mol. The predicted octanol–water partition coefficient (Wildman–Crippen LogP) is 12.4. The van der Waals surface area contributed by atoms with E-state index in [2.05, 4.69) is 178 Å². The number of allylic oxidation sites excluding steroid dienone is 1. The Kier molecular flexibility index (Phi) is 7.09. The van der Waals surface area contributed by atoms with Gasteiger partial charge in [-0.05, 0) is 112 Å². The van der Waals surface area contributed by atoms with Gasteiger partial charge in [-0.3, -0.25) is 0 Å². The number of nitrogens with zero attached hydrogens (tertiary/aromatic N) is 1. The van der Waals surface area contributed by atoms with E-state index in [1.54, 1.807) is 0 Å². The van der Waals surface area contributed by atoms with Crippen LogP contribution in [0.4, 0.5) is 0 Å². The van der Waals surface area contributed by atoms with Crippen LogP contribution in [0.1, 0.15) is 25.0 Å². The van der Waals surface area contributed by atoms with Crippen LogP contribution in [0.15, 0.2) is 130 Å². The van der Waals surface area contributed by atoms with Crippen LogP contribution in [0.25, 0.3) is 66.6 Å². The Balaban J connectivity index is 1.60. The first-order valence-corrected chi connectivity index (χ1v) is 15.9. The van der Waals surface area contributed by atoms with Crippen LogP contribution in [0.5, 0.6) is 0 Å². The molecule has 0 spiro atoms. The lowest BCUT2D eigenvalue weighted by atomic mass is 9.90. The maximum Gasteiger partial charge on any atom is 0.0541 e. The molecular formula is C39H29Br2N. The van der Waals surface area contributed by atoms with Gasteiger partial charge in [-0.2, -0.15) is 0 Å². The van der Waals surface area contributed by atoms with E-state index in [0.717, 1.165) is 21.1 Å². The second kappa shape index (κ2) is 11.1. The smallest absolute Gasteiger partial charge is 0.0541 e. The summed E-state index contributed by atoms with van der Waals surface area (Å²) >= 11 is 7.44. The average molecular weight is 671 g/mol. The highest BCUT2D eigenvalue weighted by Crippen LogP contribution is 2.40. The summed E-state index contributed by atoms with van der Waals surface area (Å²) in [5, 5.41) is 4.95. The zero-order chi connectivity index (χ0) is 28.8. The Hall–Kier alpha value is -3.92. The normalized spacial score (nSPS) is 11.8. The Labute approximate surface area is 263 Å². The summed E-state index contributed by atoms with van der Waals surface area (Å²) in [5.41, 5.74) is 11.1. The van der Waals surface area contributed by atoms with Crippen LogP contribution in [0.2, 0.25) is 0 Å². The monoisotopic (exact) mass is 669 g/mol. The van der Waals surface area contributed by atoms with Gasteiger partial charge in [0.05, 0.1) is 11.0 Å². The number of fused-ring (bicyclic) bond motifs is 4. The highest BCUT2D eigenvalue weighted by atomic mass is 79.9. The summed E-state index contributed by atoms with van der Waals surface area (Å²) in [7, 11) is 0. The fraction of sp³-hybridized carbons (Fsp3) is 0.0769. The molecule has 6 aromatic carbocycles. The van der Waals surface area contributed by atoms with E-state index in [9.17, 15) is 0 Å². The lowest BCUT2D eigenvalue weighted by Gasteiger charge is -2.17. The lowest BCUT2D eigenvalue weighted by molar-refractivity contribution is 1.13. The highest BCUT2D eigenvalue weighted by molar-refractivity contribution is 9.10. The molecule has 7 rings (SSSR count). The quantitative estimate of drug-likeness (QED) is 0.172. The summed E-state index contributed by atoms with van der Waals surface area (Å²) in [4.78, 5) is 0. The lowest BCUT2D eigenvalue weighted by Crippen LogP contribution is -1.97. The molecule has 0 fully saturated rings. The summed E-state index contributed by atoms with van der Waals surface area (Å²) in [5.74, 6) is 0. The molecule has 0 aliphatic heterocycles. The third-order valence-corrected chi connectivity index (χ3v) is 9.17. The first-order chi connectivity index (χ1) is 20.6. The van der Waals surface area contributed by atoms with Crippen LogP contribution in [0.3, 0.4) is 0 Å². The second-order valence-electron chi connectivity index (χ2n) is 10.7. The molecule has 0 radical (unpaired) electrons. The van der Waals surface area contributed by atoms with Crippen molar-refractivity contribution in [2.24, 2.45) is 0 Å². The van der Waals surface area contributed by atoms with Crippen molar-refractivity contribution in [1.29, 1.82) is 0 Å². The third-order valence-electron chi connectivity index (χ3n) is 8.19. The molecular weight excluding hydrogens is 642 g/mol. The van der Waals surface area contributed by atoms with E-state index in [1.165, 1.54) is 66.0 Å². The number of aromatic nitrogens is 1. The van der Waals surface area contributed by atoms with Gasteiger partial charge in [-0.15, -0.1) is 0 Å². The number of halogens is 2. The van der Waals surface area contributed by atoms with Gasteiger partial charge in [-0.25, -0.2) is 0 Å². The van der Waals surface area contributed by atoms with Gasteiger partial charge in [0.1, 0.15) is 0 Å². The fourth-order valence-corrected chi connectivity index (χ4v) is 7.03. The largest absolute Gasteiger partial charge is 0.309 e. The molecule has 0 unspecified atom stereocenters. The van der Waals surface area contributed by atoms with Crippen molar-refractivity contribution in [3.05, 3.63) is 141 Å². The number of aryl methyl sites for hydroxylation is 1. The molecule has 1 aromatic heterocycles. The van der Waals surface area contributed by atoms with Crippen LogP contribution in [-0.4, -0.2) is 4.57 Å². The van der Waals surface area contributed by atoms with Crippen LogP contribution in [-0.2, 0) is 6.42 Å². The first-order valence-electron chi connectivity index (χ1n) is 14.3. The maximum atomic E-state index is 3.72. The van der Waals surface area contributed by atoms with Crippen LogP contribution < -0.4 is 0 Å². The van der Waals surface area contributed by atoms with E-state index >= 15 is 0 Å². The molecule has 3 heteroatoms. The fourth-order valence-electron chi connectivity index (χ4n) is 6.31. The first kappa shape index (κ1) is 26.9. The van der Waals surface area contributed by atoms with E-state index in [-0.39, 0.29) is 0 Å². The van der Waals surface area contributed by atoms with Crippen LogP contribution in [0, 0.1) is 0 Å². The Morgan fingerprint density at radius 3 is 1.93 bits per heavy atom. The van der Waals surface area contributed by atoms with Gasteiger partial charge in [0.15, 0.2) is 0 Å². The minimum atomic E-state index is 0.986. The standard InChI is InChI=1S/C39H29Br2N/c1-3-9-32-25(4-2)11-7-14-34(32)27-20-28(35-15-8-12-26-10-5-6-13-33(26)35)22-31(21-27)42-38-18-16-29(40)23-36(38)37-24-30(41)17-19-39(37)42/h3,5-24H,4H2,1-2H3/b9-3-. The molecule has 42 heavy (non-hydrogen) atoms. The minimum absolute atomic E-state index is 0.986. The Bertz CT molecular complexity index is 2100. The van der Waals surface area contributed by atoms with Crippen molar-refractivity contribution in [1.82, 2.24) is 4.57 Å². The molecule has 0 N–H and O–H groups in total. The molecule has 0 saturated heterocycles. The number of benzene rings is 6. The van der Waals surface area contributed by atoms with Crippen molar-refractivity contribution in [2.45, 2.75) is 20.3 Å². The molecule has 0 aliphatic rings. The molecule has 0 aliphatic carbocycles. The van der Waals surface area contributed by atoms with Crippen molar-refractivity contribution in [3.8, 4) is 27.9 Å². The minimum Gasteiger partial charge on any atom is -0.309 e. The SMILES string of the molecule is C/C=C\c1c(CC)cccc1-c1cc(-c2cccc3ccccc23)cc(-n2c3ccc(Br)cc3c3cc(Br)ccc32)c1. The summed E-state index contributed by atoms with van der Waals surface area (Å²) in [6.07, 6.45) is 5.39. The van der Waals surface area contributed by atoms with Crippen LogP contribution >= 0.6 is 31.9 Å². The van der Waals surface area contributed by atoms with Crippen molar-refractivity contribution in [2.75, 3.05) is 0 Å². The number of hydrogen-bond acceptors (Lipinski definition) is 0. The summed E-state index contributed by atoms with van der Waals surface area (Å²) in [6, 6.07) is 42.3. The molecule has 0 bridgehead atoms. The second-order valence-corrected chi connectivity index (χ2v) is 12.5. The van der Waals surface area contributed by atoms with E-state index in [1.807, 2.05) is 0 Å². The van der Waals surface area contributed by atoms with E-state index in [4.69, 9.17) is 0 Å². The van der Waals surface area contributed by atoms with Crippen molar-refractivity contribution >= 4 is 70.5 Å². The molecule has 1 heterocycles. The molecule has 204 valence electrons. The van der Waals surface area contributed by atoms with Gasteiger partial charge in [0, 0.05) is 25.4 Å². The number of rotatable bonds is 5. The topological polar surface area (TPSA) is 4.93 Å². The third kappa shape index (κ3) is 4.62. The average Bonchev–Trinajstić information content (AvgIpc) is 3.33. The van der Waals surface area contributed by atoms with Gasteiger partial charge in [0.2, 0.25) is 0 Å². The molecule has 0 atom stereocenters. The molecule has 0 amide bonds. The van der Waals surface area contributed by atoms with Gasteiger partial charge >= 0.3 is 0 Å². The Morgan fingerprint density at radius 1 is 0.619 bits per heavy atom. The van der Waals surface area contributed by atoms with Crippen molar-refractivity contribution in [3.63, 3.8) is 0 Å². The van der Waals surface area contributed by atoms with Crippen molar-refractivity contribution < 1.29 is 0 Å². The zero-order valence-electron chi connectivity index (χ0n) is 23.5. The molecule has 7 aromatic rings. The van der Waals surface area contributed by atoms with Gasteiger partial charge in [-0.1, -0.05) is 112 Å².